The topological polar surface area (TPSA) is 51.2 Å². The van der Waals surface area contributed by atoms with E-state index >= 15 is 0 Å². The number of carbonyl (C=O) groups is 1. The van der Waals surface area contributed by atoms with Gasteiger partial charge in [0.05, 0.1) is 13.2 Å². The highest BCUT2D eigenvalue weighted by Crippen LogP contribution is 2.26. The summed E-state index contributed by atoms with van der Waals surface area (Å²) in [5.74, 6) is 0.825. The number of rotatable bonds is 6. The predicted molar refractivity (Wildman–Crippen MR) is 86.8 cm³/mol. The summed E-state index contributed by atoms with van der Waals surface area (Å²) in [7, 11) is 1.64. The number of aromatic nitrogens is 1. The van der Waals surface area contributed by atoms with Crippen LogP contribution in [0.3, 0.4) is 0 Å². The molecule has 2 aromatic rings. The molecule has 0 aliphatic rings. The molecule has 1 aromatic heterocycles. The Kier molecular flexibility index (Phi) is 5.53. The van der Waals surface area contributed by atoms with Crippen LogP contribution in [0.2, 0.25) is 0 Å². The smallest absolute Gasteiger partial charge is 0.220 e. The fourth-order valence-electron chi connectivity index (χ4n) is 2.39. The van der Waals surface area contributed by atoms with Crippen molar-refractivity contribution >= 4 is 5.91 Å². The van der Waals surface area contributed by atoms with E-state index in [2.05, 4.69) is 10.3 Å². The molecule has 0 saturated heterocycles. The van der Waals surface area contributed by atoms with Crippen molar-refractivity contribution in [2.45, 2.75) is 32.7 Å². The molecule has 1 aromatic carbocycles. The van der Waals surface area contributed by atoms with Gasteiger partial charge >= 0.3 is 0 Å². The molecule has 1 amide bonds. The zero-order valence-electron chi connectivity index (χ0n) is 13.3. The van der Waals surface area contributed by atoms with Gasteiger partial charge in [0.15, 0.2) is 0 Å². The second-order valence-corrected chi connectivity index (χ2v) is 5.40. The van der Waals surface area contributed by atoms with Gasteiger partial charge in [0.25, 0.3) is 0 Å². The maximum absolute atomic E-state index is 12.1. The highest BCUT2D eigenvalue weighted by Gasteiger charge is 2.14. The SMILES string of the molecule is COc1ccc(C)cc1C(C)NC(=O)CCc1cccnc1. The maximum Gasteiger partial charge on any atom is 0.220 e. The first kappa shape index (κ1) is 16.0. The molecule has 0 fully saturated rings. The minimum atomic E-state index is -0.0868. The van der Waals surface area contributed by atoms with Crippen molar-refractivity contribution in [2.24, 2.45) is 0 Å². The van der Waals surface area contributed by atoms with Gasteiger partial charge in [-0.15, -0.1) is 0 Å². The summed E-state index contributed by atoms with van der Waals surface area (Å²) in [6.45, 7) is 4.00. The number of pyridine rings is 1. The Labute approximate surface area is 131 Å². The highest BCUT2D eigenvalue weighted by molar-refractivity contribution is 5.76. The number of carbonyl (C=O) groups excluding carboxylic acids is 1. The molecule has 4 heteroatoms. The van der Waals surface area contributed by atoms with E-state index in [1.165, 1.54) is 0 Å². The predicted octanol–water partition coefficient (Wildman–Crippen LogP) is 3.21. The van der Waals surface area contributed by atoms with E-state index in [4.69, 9.17) is 4.74 Å². The van der Waals surface area contributed by atoms with Crippen LogP contribution >= 0.6 is 0 Å². The lowest BCUT2D eigenvalue weighted by atomic mass is 10.0. The van der Waals surface area contributed by atoms with Crippen molar-refractivity contribution < 1.29 is 9.53 Å². The summed E-state index contributed by atoms with van der Waals surface area (Å²) in [6.07, 6.45) is 4.66. The number of hydrogen-bond donors (Lipinski definition) is 1. The standard InChI is InChI=1S/C18H22N2O2/c1-13-6-8-17(22-3)16(11-13)14(2)20-18(21)9-7-15-5-4-10-19-12-15/h4-6,8,10-12,14H,7,9H2,1-3H3,(H,20,21). The summed E-state index contributed by atoms with van der Waals surface area (Å²) >= 11 is 0. The normalized spacial score (nSPS) is 11.8. The van der Waals surface area contributed by atoms with E-state index in [1.807, 2.05) is 44.2 Å². The molecular formula is C18H22N2O2. The number of ether oxygens (including phenoxy) is 1. The molecule has 0 aliphatic carbocycles. The molecule has 4 nitrogen and oxygen atoms in total. The van der Waals surface area contributed by atoms with Crippen LogP contribution in [0.5, 0.6) is 5.75 Å². The van der Waals surface area contributed by atoms with E-state index in [-0.39, 0.29) is 11.9 Å². The average molecular weight is 298 g/mol. The number of methoxy groups -OCH3 is 1. The lowest BCUT2D eigenvalue weighted by molar-refractivity contribution is -0.121. The van der Waals surface area contributed by atoms with Gasteiger partial charge in [0.1, 0.15) is 5.75 Å². The van der Waals surface area contributed by atoms with Gasteiger partial charge in [0, 0.05) is 24.4 Å². The van der Waals surface area contributed by atoms with Crippen molar-refractivity contribution in [2.75, 3.05) is 7.11 Å². The van der Waals surface area contributed by atoms with Gasteiger partial charge < -0.3 is 10.1 Å². The summed E-state index contributed by atoms with van der Waals surface area (Å²) in [6, 6.07) is 9.75. The number of aryl methyl sites for hydroxylation is 2. The van der Waals surface area contributed by atoms with Crippen LogP contribution in [0.15, 0.2) is 42.7 Å². The van der Waals surface area contributed by atoms with Crippen LogP contribution in [-0.4, -0.2) is 18.0 Å². The van der Waals surface area contributed by atoms with Crippen LogP contribution in [0.1, 0.15) is 36.1 Å². The first-order valence-electron chi connectivity index (χ1n) is 7.43. The van der Waals surface area contributed by atoms with Gasteiger partial charge in [-0.3, -0.25) is 9.78 Å². The van der Waals surface area contributed by atoms with Gasteiger partial charge in [-0.05, 0) is 38.0 Å². The number of benzene rings is 1. The first-order chi connectivity index (χ1) is 10.6. The summed E-state index contributed by atoms with van der Waals surface area (Å²) in [5.41, 5.74) is 3.21. The van der Waals surface area contributed by atoms with Gasteiger partial charge in [-0.2, -0.15) is 0 Å². The second-order valence-electron chi connectivity index (χ2n) is 5.40. The van der Waals surface area contributed by atoms with Crippen LogP contribution < -0.4 is 10.1 Å². The van der Waals surface area contributed by atoms with Crippen molar-refractivity contribution in [3.63, 3.8) is 0 Å². The van der Waals surface area contributed by atoms with Crippen LogP contribution in [0.25, 0.3) is 0 Å². The van der Waals surface area contributed by atoms with Gasteiger partial charge in [-0.25, -0.2) is 0 Å². The first-order valence-corrected chi connectivity index (χ1v) is 7.43. The van der Waals surface area contributed by atoms with Crippen LogP contribution in [-0.2, 0) is 11.2 Å². The minimum absolute atomic E-state index is 0.0277. The third-order valence-corrected chi connectivity index (χ3v) is 3.59. The molecule has 0 spiro atoms. The molecule has 22 heavy (non-hydrogen) atoms. The quantitative estimate of drug-likeness (QED) is 0.891. The molecule has 0 aliphatic heterocycles. The molecule has 0 radical (unpaired) electrons. The van der Waals surface area contributed by atoms with Crippen molar-refractivity contribution in [3.8, 4) is 5.75 Å². The Balaban J connectivity index is 1.95. The van der Waals surface area contributed by atoms with Crippen molar-refractivity contribution in [3.05, 3.63) is 59.4 Å². The third kappa shape index (κ3) is 4.32. The zero-order chi connectivity index (χ0) is 15.9. The van der Waals surface area contributed by atoms with Crippen LogP contribution in [0.4, 0.5) is 0 Å². The fourth-order valence-corrected chi connectivity index (χ4v) is 2.39. The maximum atomic E-state index is 12.1. The summed E-state index contributed by atoms with van der Waals surface area (Å²) in [5, 5.41) is 3.03. The third-order valence-electron chi connectivity index (χ3n) is 3.59. The molecule has 1 N–H and O–H groups in total. The number of amides is 1. The average Bonchev–Trinajstić information content (AvgIpc) is 2.54. The number of hydrogen-bond acceptors (Lipinski definition) is 3. The molecule has 2 rings (SSSR count). The van der Waals surface area contributed by atoms with E-state index in [9.17, 15) is 4.79 Å². The lowest BCUT2D eigenvalue weighted by Crippen LogP contribution is -2.27. The highest BCUT2D eigenvalue weighted by atomic mass is 16.5. The molecular weight excluding hydrogens is 276 g/mol. The Morgan fingerprint density at radius 1 is 1.36 bits per heavy atom. The Morgan fingerprint density at radius 2 is 2.18 bits per heavy atom. The summed E-state index contributed by atoms with van der Waals surface area (Å²) < 4.78 is 5.37. The largest absolute Gasteiger partial charge is 0.496 e. The molecule has 1 atom stereocenters. The molecule has 1 unspecified atom stereocenters. The molecule has 0 saturated carbocycles. The van der Waals surface area contributed by atoms with E-state index < -0.39 is 0 Å². The minimum Gasteiger partial charge on any atom is -0.496 e. The number of nitrogens with zero attached hydrogens (tertiary/aromatic N) is 1. The zero-order valence-corrected chi connectivity index (χ0v) is 13.3. The number of nitrogens with one attached hydrogen (secondary N) is 1. The Morgan fingerprint density at radius 3 is 2.86 bits per heavy atom. The summed E-state index contributed by atoms with van der Waals surface area (Å²) in [4.78, 5) is 16.2. The van der Waals surface area contributed by atoms with Crippen molar-refractivity contribution in [1.82, 2.24) is 10.3 Å². The van der Waals surface area contributed by atoms with Crippen LogP contribution in [0, 0.1) is 6.92 Å². The monoisotopic (exact) mass is 298 g/mol. The van der Waals surface area contributed by atoms with Gasteiger partial charge in [-0.1, -0.05) is 23.8 Å². The second kappa shape index (κ2) is 7.59. The molecule has 1 heterocycles. The van der Waals surface area contributed by atoms with E-state index in [1.54, 1.807) is 19.5 Å². The molecule has 116 valence electrons. The fraction of sp³-hybridized carbons (Fsp3) is 0.333. The van der Waals surface area contributed by atoms with Gasteiger partial charge in [0.2, 0.25) is 5.91 Å². The van der Waals surface area contributed by atoms with E-state index in [0.717, 1.165) is 22.4 Å². The Bertz CT molecular complexity index is 626. The van der Waals surface area contributed by atoms with E-state index in [0.29, 0.717) is 12.8 Å². The Hall–Kier alpha value is -2.36. The van der Waals surface area contributed by atoms with Crippen molar-refractivity contribution in [1.29, 1.82) is 0 Å². The lowest BCUT2D eigenvalue weighted by Gasteiger charge is -2.18. The molecule has 0 bridgehead atoms.